The van der Waals surface area contributed by atoms with Crippen LogP contribution in [0, 0.1) is 0 Å². The number of nitrogens with zero attached hydrogens (tertiary/aromatic N) is 1. The maximum atomic E-state index is 6.37. The molecule has 2 heterocycles. The van der Waals surface area contributed by atoms with Crippen LogP contribution in [0.25, 0.3) is 0 Å². The van der Waals surface area contributed by atoms with E-state index in [1.165, 1.54) is 36.4 Å². The average molecular weight is 345 g/mol. The van der Waals surface area contributed by atoms with Crippen LogP contribution in [0.4, 0.5) is 0 Å². The Bertz CT molecular complexity index is 606. The third kappa shape index (κ3) is 4.59. The summed E-state index contributed by atoms with van der Waals surface area (Å²) in [6.07, 6.45) is 3.60. The maximum absolute atomic E-state index is 6.37. The molecule has 1 atom stereocenters. The third-order valence-corrected chi connectivity index (χ3v) is 5.81. The number of nitrogens with one attached hydrogen (secondary N) is 1. The molecule has 0 saturated carbocycles. The number of piperidine rings is 1. The van der Waals surface area contributed by atoms with E-state index >= 15 is 0 Å². The molecule has 1 fully saturated rings. The SMILES string of the molecule is CNCC[C@@H](Oc1cccc(C2CCN(C)CC2)c1)c1cccs1. The Labute approximate surface area is 149 Å². The molecule has 1 aromatic carbocycles. The predicted molar refractivity (Wildman–Crippen MR) is 102 cm³/mol. The first-order chi connectivity index (χ1) is 11.8. The average Bonchev–Trinajstić information content (AvgIpc) is 3.14. The molecule has 24 heavy (non-hydrogen) atoms. The topological polar surface area (TPSA) is 24.5 Å². The van der Waals surface area contributed by atoms with Crippen molar-refractivity contribution < 1.29 is 4.74 Å². The van der Waals surface area contributed by atoms with Gasteiger partial charge in [-0.05, 0) is 81.6 Å². The van der Waals surface area contributed by atoms with Crippen LogP contribution in [0.2, 0.25) is 0 Å². The molecule has 130 valence electrons. The second kappa shape index (κ2) is 8.65. The number of thiophene rings is 1. The fourth-order valence-corrected chi connectivity index (χ4v) is 4.15. The van der Waals surface area contributed by atoms with Crippen molar-refractivity contribution in [2.24, 2.45) is 0 Å². The lowest BCUT2D eigenvalue weighted by atomic mass is 9.89. The van der Waals surface area contributed by atoms with Gasteiger partial charge in [-0.15, -0.1) is 11.3 Å². The van der Waals surface area contributed by atoms with Crippen molar-refractivity contribution in [2.75, 3.05) is 33.7 Å². The zero-order chi connectivity index (χ0) is 16.8. The van der Waals surface area contributed by atoms with Gasteiger partial charge in [0.2, 0.25) is 0 Å². The Hall–Kier alpha value is -1.36. The summed E-state index contributed by atoms with van der Waals surface area (Å²) in [5.41, 5.74) is 1.43. The molecule has 1 N–H and O–H groups in total. The fraction of sp³-hybridized carbons (Fsp3) is 0.500. The lowest BCUT2D eigenvalue weighted by Gasteiger charge is -2.29. The molecule has 0 amide bonds. The Morgan fingerprint density at radius 1 is 1.25 bits per heavy atom. The zero-order valence-electron chi connectivity index (χ0n) is 14.7. The normalized spacial score (nSPS) is 17.8. The second-order valence-electron chi connectivity index (χ2n) is 6.66. The zero-order valence-corrected chi connectivity index (χ0v) is 15.5. The molecule has 3 rings (SSSR count). The first kappa shape index (κ1) is 17.5. The summed E-state index contributed by atoms with van der Waals surface area (Å²) < 4.78 is 6.37. The molecular weight excluding hydrogens is 316 g/mol. The van der Waals surface area contributed by atoms with Crippen LogP contribution in [0.3, 0.4) is 0 Å². The van der Waals surface area contributed by atoms with Crippen molar-refractivity contribution in [1.82, 2.24) is 10.2 Å². The van der Waals surface area contributed by atoms with Crippen molar-refractivity contribution in [3.8, 4) is 5.75 Å². The molecule has 0 spiro atoms. The first-order valence-electron chi connectivity index (χ1n) is 8.89. The Morgan fingerprint density at radius 3 is 2.79 bits per heavy atom. The largest absolute Gasteiger partial charge is 0.485 e. The van der Waals surface area contributed by atoms with Crippen molar-refractivity contribution in [3.63, 3.8) is 0 Å². The predicted octanol–water partition coefficient (Wildman–Crippen LogP) is 4.29. The molecule has 0 bridgehead atoms. The number of likely N-dealkylation sites (tertiary alicyclic amines) is 1. The van der Waals surface area contributed by atoms with E-state index < -0.39 is 0 Å². The van der Waals surface area contributed by atoms with E-state index in [9.17, 15) is 0 Å². The summed E-state index contributed by atoms with van der Waals surface area (Å²) >= 11 is 1.77. The Morgan fingerprint density at radius 2 is 2.08 bits per heavy atom. The highest BCUT2D eigenvalue weighted by Gasteiger charge is 2.19. The van der Waals surface area contributed by atoms with Crippen LogP contribution in [-0.4, -0.2) is 38.6 Å². The highest BCUT2D eigenvalue weighted by Crippen LogP contribution is 2.32. The Kier molecular flexibility index (Phi) is 6.30. The summed E-state index contributed by atoms with van der Waals surface area (Å²) in [6.45, 7) is 3.34. The minimum absolute atomic E-state index is 0.130. The van der Waals surface area contributed by atoms with Crippen LogP contribution in [0.15, 0.2) is 41.8 Å². The van der Waals surface area contributed by atoms with Crippen molar-refractivity contribution in [3.05, 3.63) is 52.2 Å². The molecule has 0 aliphatic carbocycles. The third-order valence-electron chi connectivity index (χ3n) is 4.84. The molecule has 1 aliphatic heterocycles. The van der Waals surface area contributed by atoms with Gasteiger partial charge in [-0.1, -0.05) is 18.2 Å². The maximum Gasteiger partial charge on any atom is 0.134 e. The second-order valence-corrected chi connectivity index (χ2v) is 7.64. The molecule has 4 heteroatoms. The van der Waals surface area contributed by atoms with E-state index in [1.54, 1.807) is 11.3 Å². The molecule has 1 aliphatic rings. The molecular formula is C20H28N2OS. The summed E-state index contributed by atoms with van der Waals surface area (Å²) in [5, 5.41) is 5.36. The quantitative estimate of drug-likeness (QED) is 0.811. The van der Waals surface area contributed by atoms with Crippen LogP contribution < -0.4 is 10.1 Å². The first-order valence-corrected chi connectivity index (χ1v) is 9.77. The van der Waals surface area contributed by atoms with Crippen LogP contribution in [0.1, 0.15) is 41.7 Å². The summed E-state index contributed by atoms with van der Waals surface area (Å²) in [5.74, 6) is 1.67. The number of benzene rings is 1. The molecule has 1 aromatic heterocycles. The highest BCUT2D eigenvalue weighted by molar-refractivity contribution is 7.10. The molecule has 3 nitrogen and oxygen atoms in total. The van der Waals surface area contributed by atoms with E-state index in [2.05, 4.69) is 59.0 Å². The van der Waals surface area contributed by atoms with Gasteiger partial charge in [0.1, 0.15) is 11.9 Å². The van der Waals surface area contributed by atoms with Gasteiger partial charge in [-0.2, -0.15) is 0 Å². The van der Waals surface area contributed by atoms with Gasteiger partial charge in [0.05, 0.1) is 0 Å². The summed E-state index contributed by atoms with van der Waals surface area (Å²) in [7, 11) is 4.20. The highest BCUT2D eigenvalue weighted by atomic mass is 32.1. The number of rotatable bonds is 7. The van der Waals surface area contributed by atoms with Gasteiger partial charge in [0.25, 0.3) is 0 Å². The molecule has 0 radical (unpaired) electrons. The van der Waals surface area contributed by atoms with Crippen LogP contribution >= 0.6 is 11.3 Å². The van der Waals surface area contributed by atoms with Crippen molar-refractivity contribution >= 4 is 11.3 Å². The van der Waals surface area contributed by atoms with E-state index in [-0.39, 0.29) is 6.10 Å². The summed E-state index contributed by atoms with van der Waals surface area (Å²) in [6, 6.07) is 13.0. The van der Waals surface area contributed by atoms with Gasteiger partial charge in [0, 0.05) is 11.3 Å². The van der Waals surface area contributed by atoms with Gasteiger partial charge >= 0.3 is 0 Å². The number of hydrogen-bond acceptors (Lipinski definition) is 4. The van der Waals surface area contributed by atoms with Gasteiger partial charge < -0.3 is 15.0 Å². The fourth-order valence-electron chi connectivity index (χ4n) is 3.36. The molecule has 0 unspecified atom stereocenters. The van der Waals surface area contributed by atoms with Crippen LogP contribution in [-0.2, 0) is 0 Å². The monoisotopic (exact) mass is 344 g/mol. The lowest BCUT2D eigenvalue weighted by molar-refractivity contribution is 0.198. The van der Waals surface area contributed by atoms with E-state index in [1.807, 2.05) is 7.05 Å². The van der Waals surface area contributed by atoms with Gasteiger partial charge in [-0.25, -0.2) is 0 Å². The number of hydrogen-bond donors (Lipinski definition) is 1. The minimum Gasteiger partial charge on any atom is -0.485 e. The van der Waals surface area contributed by atoms with E-state index in [0.717, 1.165) is 18.7 Å². The van der Waals surface area contributed by atoms with Crippen molar-refractivity contribution in [1.29, 1.82) is 0 Å². The van der Waals surface area contributed by atoms with Crippen molar-refractivity contribution in [2.45, 2.75) is 31.3 Å². The Balaban J connectivity index is 1.70. The standard InChI is InChI=1S/C20H28N2OS/c1-21-11-8-19(20-7-4-14-24-20)23-18-6-3-5-17(15-18)16-9-12-22(2)13-10-16/h3-7,14-16,19,21H,8-13H2,1-2H3/t19-/m1/s1. The minimum atomic E-state index is 0.130. The molecule has 2 aromatic rings. The van der Waals surface area contributed by atoms with E-state index in [4.69, 9.17) is 4.74 Å². The number of ether oxygens (including phenoxy) is 1. The van der Waals surface area contributed by atoms with Gasteiger partial charge in [0.15, 0.2) is 0 Å². The summed E-state index contributed by atoms with van der Waals surface area (Å²) in [4.78, 5) is 3.72. The molecule has 1 saturated heterocycles. The lowest BCUT2D eigenvalue weighted by Crippen LogP contribution is -2.29. The van der Waals surface area contributed by atoms with E-state index in [0.29, 0.717) is 5.92 Å². The smallest absolute Gasteiger partial charge is 0.134 e. The van der Waals surface area contributed by atoms with Gasteiger partial charge in [-0.3, -0.25) is 0 Å². The van der Waals surface area contributed by atoms with Crippen LogP contribution in [0.5, 0.6) is 5.75 Å².